The van der Waals surface area contributed by atoms with Crippen LogP contribution in [-0.4, -0.2) is 18.1 Å². The average Bonchev–Trinajstić information content (AvgIpc) is 2.08. The number of carbonyl (C=O) groups excluding carboxylic acids is 1. The molecule has 5 heteroatoms. The Hall–Kier alpha value is -1.16. The molecule has 0 atom stereocenters. The summed E-state index contributed by atoms with van der Waals surface area (Å²) in [5.41, 5.74) is -0.0702. The molecule has 0 aliphatic heterocycles. The number of rotatable bonds is 1. The molecule has 1 aromatic rings. The van der Waals surface area contributed by atoms with Crippen molar-refractivity contribution in [3.05, 3.63) is 28.8 Å². The fourth-order valence-electron chi connectivity index (χ4n) is 0.672. The van der Waals surface area contributed by atoms with E-state index in [1.807, 2.05) is 0 Å². The standard InChI is InChI=1S/C7H5ClFNO2/c1-12-7(11)4-2-10-3-5(9)6(4)8/h2-3H,1H3. The van der Waals surface area contributed by atoms with E-state index in [9.17, 15) is 9.18 Å². The maximum Gasteiger partial charge on any atom is 0.341 e. The molecular weight excluding hydrogens is 185 g/mol. The van der Waals surface area contributed by atoms with Crippen molar-refractivity contribution in [2.75, 3.05) is 7.11 Å². The molecule has 0 bridgehead atoms. The SMILES string of the molecule is COC(=O)c1cncc(F)c1Cl. The fraction of sp³-hybridized carbons (Fsp3) is 0.143. The average molecular weight is 190 g/mol. The minimum Gasteiger partial charge on any atom is -0.465 e. The summed E-state index contributed by atoms with van der Waals surface area (Å²) in [5.74, 6) is -1.44. The lowest BCUT2D eigenvalue weighted by Crippen LogP contribution is -2.03. The van der Waals surface area contributed by atoms with Crippen LogP contribution in [-0.2, 0) is 4.74 Å². The van der Waals surface area contributed by atoms with Crippen LogP contribution in [0.15, 0.2) is 12.4 Å². The fourth-order valence-corrected chi connectivity index (χ4v) is 0.846. The zero-order chi connectivity index (χ0) is 9.14. The van der Waals surface area contributed by atoms with Gasteiger partial charge >= 0.3 is 5.97 Å². The Kier molecular flexibility index (Phi) is 2.60. The molecular formula is C7H5ClFNO2. The third kappa shape index (κ3) is 1.53. The zero-order valence-electron chi connectivity index (χ0n) is 6.17. The van der Waals surface area contributed by atoms with Gasteiger partial charge in [0.1, 0.15) is 0 Å². The third-order valence-electron chi connectivity index (χ3n) is 1.24. The maximum atomic E-state index is 12.7. The van der Waals surface area contributed by atoms with Crippen molar-refractivity contribution in [1.82, 2.24) is 4.98 Å². The molecule has 64 valence electrons. The van der Waals surface area contributed by atoms with Gasteiger partial charge in [-0.25, -0.2) is 9.18 Å². The molecule has 0 saturated carbocycles. The largest absolute Gasteiger partial charge is 0.465 e. The Balaban J connectivity index is 3.16. The van der Waals surface area contributed by atoms with Gasteiger partial charge in [-0.2, -0.15) is 0 Å². The van der Waals surface area contributed by atoms with Crippen molar-refractivity contribution in [2.45, 2.75) is 0 Å². The van der Waals surface area contributed by atoms with E-state index < -0.39 is 11.8 Å². The van der Waals surface area contributed by atoms with Gasteiger partial charge in [0, 0.05) is 6.20 Å². The maximum absolute atomic E-state index is 12.7. The Bertz CT molecular complexity index is 316. The van der Waals surface area contributed by atoms with Crippen LogP contribution in [0.5, 0.6) is 0 Å². The van der Waals surface area contributed by atoms with Crippen LogP contribution in [0.1, 0.15) is 10.4 Å². The van der Waals surface area contributed by atoms with Gasteiger partial charge in [-0.1, -0.05) is 11.6 Å². The predicted octanol–water partition coefficient (Wildman–Crippen LogP) is 1.66. The highest BCUT2D eigenvalue weighted by Crippen LogP contribution is 2.18. The van der Waals surface area contributed by atoms with Crippen LogP contribution in [0.2, 0.25) is 5.02 Å². The highest BCUT2D eigenvalue weighted by Gasteiger charge is 2.13. The van der Waals surface area contributed by atoms with Crippen molar-refractivity contribution < 1.29 is 13.9 Å². The molecule has 0 N–H and O–H groups in total. The molecule has 1 aromatic heterocycles. The Morgan fingerprint density at radius 2 is 2.33 bits per heavy atom. The highest BCUT2D eigenvalue weighted by molar-refractivity contribution is 6.33. The lowest BCUT2D eigenvalue weighted by Gasteiger charge is -2.00. The molecule has 0 aromatic carbocycles. The molecule has 0 amide bonds. The van der Waals surface area contributed by atoms with Gasteiger partial charge in [0.25, 0.3) is 0 Å². The number of esters is 1. The third-order valence-corrected chi connectivity index (χ3v) is 1.63. The van der Waals surface area contributed by atoms with Gasteiger partial charge in [-0.3, -0.25) is 4.98 Å². The molecule has 0 fully saturated rings. The zero-order valence-corrected chi connectivity index (χ0v) is 6.93. The monoisotopic (exact) mass is 189 g/mol. The predicted molar refractivity (Wildman–Crippen MR) is 40.5 cm³/mol. The van der Waals surface area contributed by atoms with Crippen LogP contribution in [0, 0.1) is 5.82 Å². The number of pyridine rings is 1. The molecule has 0 radical (unpaired) electrons. The molecule has 0 aliphatic carbocycles. The Morgan fingerprint density at radius 3 is 2.92 bits per heavy atom. The van der Waals surface area contributed by atoms with Gasteiger partial charge in [0.15, 0.2) is 5.82 Å². The van der Waals surface area contributed by atoms with E-state index in [4.69, 9.17) is 11.6 Å². The number of hydrogen-bond donors (Lipinski definition) is 0. The van der Waals surface area contributed by atoms with Crippen molar-refractivity contribution in [1.29, 1.82) is 0 Å². The summed E-state index contributed by atoms with van der Waals surface area (Å²) in [5, 5.41) is -0.267. The van der Waals surface area contributed by atoms with Crippen LogP contribution < -0.4 is 0 Å². The topological polar surface area (TPSA) is 39.2 Å². The molecule has 0 spiro atoms. The first kappa shape index (κ1) is 8.93. The van der Waals surface area contributed by atoms with Crippen LogP contribution in [0.3, 0.4) is 0 Å². The summed E-state index contributed by atoms with van der Waals surface area (Å²) in [4.78, 5) is 14.3. The second-order valence-corrected chi connectivity index (χ2v) is 2.35. The van der Waals surface area contributed by atoms with Crippen molar-refractivity contribution in [3.63, 3.8) is 0 Å². The smallest absolute Gasteiger partial charge is 0.341 e. The molecule has 0 aliphatic rings. The van der Waals surface area contributed by atoms with E-state index in [0.717, 1.165) is 12.4 Å². The first-order chi connectivity index (χ1) is 5.66. The van der Waals surface area contributed by atoms with E-state index >= 15 is 0 Å². The number of methoxy groups -OCH3 is 1. The molecule has 1 rings (SSSR count). The number of hydrogen-bond acceptors (Lipinski definition) is 3. The lowest BCUT2D eigenvalue weighted by atomic mass is 10.3. The summed E-state index contributed by atoms with van der Waals surface area (Å²) in [7, 11) is 1.18. The molecule has 12 heavy (non-hydrogen) atoms. The van der Waals surface area contributed by atoms with Gasteiger partial charge in [0.05, 0.1) is 23.9 Å². The first-order valence-corrected chi connectivity index (χ1v) is 3.42. The first-order valence-electron chi connectivity index (χ1n) is 3.04. The van der Waals surface area contributed by atoms with E-state index in [-0.39, 0.29) is 10.6 Å². The molecule has 3 nitrogen and oxygen atoms in total. The quantitative estimate of drug-likeness (QED) is 0.631. The van der Waals surface area contributed by atoms with Crippen molar-refractivity contribution in [2.24, 2.45) is 0 Å². The number of carbonyl (C=O) groups is 1. The van der Waals surface area contributed by atoms with Gasteiger partial charge in [0.2, 0.25) is 0 Å². The number of aromatic nitrogens is 1. The summed E-state index contributed by atoms with van der Waals surface area (Å²) >= 11 is 5.45. The molecule has 0 unspecified atom stereocenters. The Morgan fingerprint density at radius 1 is 1.67 bits per heavy atom. The Labute approximate surface area is 73.1 Å². The van der Waals surface area contributed by atoms with Crippen molar-refractivity contribution >= 4 is 17.6 Å². The number of halogens is 2. The van der Waals surface area contributed by atoms with Gasteiger partial charge in [-0.05, 0) is 0 Å². The van der Waals surface area contributed by atoms with Gasteiger partial charge in [-0.15, -0.1) is 0 Å². The van der Waals surface area contributed by atoms with E-state index in [1.165, 1.54) is 7.11 Å². The summed E-state index contributed by atoms with van der Waals surface area (Å²) in [6, 6.07) is 0. The van der Waals surface area contributed by atoms with Gasteiger partial charge < -0.3 is 4.74 Å². The van der Waals surface area contributed by atoms with E-state index in [1.54, 1.807) is 0 Å². The summed E-state index contributed by atoms with van der Waals surface area (Å²) in [6.07, 6.45) is 2.08. The highest BCUT2D eigenvalue weighted by atomic mass is 35.5. The molecule has 1 heterocycles. The van der Waals surface area contributed by atoms with E-state index in [2.05, 4.69) is 9.72 Å². The van der Waals surface area contributed by atoms with E-state index in [0.29, 0.717) is 0 Å². The second kappa shape index (κ2) is 3.49. The molecule has 0 saturated heterocycles. The minimum absolute atomic E-state index is 0.0702. The van der Waals surface area contributed by atoms with Crippen LogP contribution in [0.4, 0.5) is 4.39 Å². The van der Waals surface area contributed by atoms with Crippen molar-refractivity contribution in [3.8, 4) is 0 Å². The summed E-state index contributed by atoms with van der Waals surface area (Å²) in [6.45, 7) is 0. The normalized spacial score (nSPS) is 9.58. The number of ether oxygens (including phenoxy) is 1. The number of nitrogens with zero attached hydrogens (tertiary/aromatic N) is 1. The summed E-state index contributed by atoms with van der Waals surface area (Å²) < 4.78 is 17.0. The minimum atomic E-state index is -0.737. The lowest BCUT2D eigenvalue weighted by molar-refractivity contribution is 0.0600. The van der Waals surface area contributed by atoms with Crippen LogP contribution >= 0.6 is 11.6 Å². The second-order valence-electron chi connectivity index (χ2n) is 1.97. The van der Waals surface area contributed by atoms with Crippen LogP contribution in [0.25, 0.3) is 0 Å².